The number of nitrogens with zero attached hydrogens (tertiary/aromatic N) is 2. The minimum absolute atomic E-state index is 0.0410. The van der Waals surface area contributed by atoms with Crippen LogP contribution in [0.1, 0.15) is 78.2 Å². The summed E-state index contributed by atoms with van der Waals surface area (Å²) < 4.78 is 0. The first-order valence-corrected chi connectivity index (χ1v) is 19.7. The molecular formula is C38H61N11O11. The summed E-state index contributed by atoms with van der Waals surface area (Å²) in [5.41, 5.74) is 22.5. The fraction of sp³-hybridized carbons (Fsp3) is 0.605. The number of hydrogen-bond donors (Lipinski definition) is 12. The second-order valence-corrected chi connectivity index (χ2v) is 15.2. The van der Waals surface area contributed by atoms with Gasteiger partial charge >= 0.3 is 5.97 Å². The molecule has 0 aromatic heterocycles. The molecule has 1 fully saturated rings. The molecule has 1 aromatic carbocycles. The highest BCUT2D eigenvalue weighted by molar-refractivity contribution is 5.98. The van der Waals surface area contributed by atoms with Crippen molar-refractivity contribution in [1.82, 2.24) is 31.5 Å². The topological polar surface area (TPSA) is 377 Å². The average Bonchev–Trinajstić information content (AvgIpc) is 3.51. The number of aliphatic hydroxyl groups excluding tert-OH is 1. The number of amides is 7. The number of nitrogens with two attached hydrogens (primary N) is 4. The Kier molecular flexibility index (Phi) is 20.2. The maximum absolute atomic E-state index is 13.7. The third-order valence-corrected chi connectivity index (χ3v) is 9.62. The molecule has 8 unspecified atom stereocenters. The van der Waals surface area contributed by atoms with E-state index >= 15 is 0 Å². The Morgan fingerprint density at radius 3 is 2.02 bits per heavy atom. The summed E-state index contributed by atoms with van der Waals surface area (Å²) in [4.78, 5) is 109. The van der Waals surface area contributed by atoms with E-state index in [1.807, 2.05) is 0 Å². The van der Waals surface area contributed by atoms with Crippen molar-refractivity contribution in [3.63, 3.8) is 0 Å². The number of primary amides is 1. The number of rotatable bonds is 25. The third kappa shape index (κ3) is 16.7. The van der Waals surface area contributed by atoms with Crippen molar-refractivity contribution in [2.45, 2.75) is 127 Å². The van der Waals surface area contributed by atoms with Gasteiger partial charge in [-0.1, -0.05) is 26.0 Å². The highest BCUT2D eigenvalue weighted by atomic mass is 16.4. The van der Waals surface area contributed by atoms with Crippen molar-refractivity contribution in [2.75, 3.05) is 13.1 Å². The van der Waals surface area contributed by atoms with Gasteiger partial charge in [0.1, 0.15) is 42.0 Å². The van der Waals surface area contributed by atoms with Crippen LogP contribution in [0.2, 0.25) is 0 Å². The van der Waals surface area contributed by atoms with E-state index in [-0.39, 0.29) is 56.3 Å². The normalized spacial score (nSPS) is 17.2. The molecule has 2 rings (SSSR count). The van der Waals surface area contributed by atoms with Crippen molar-refractivity contribution in [2.24, 2.45) is 33.8 Å². The van der Waals surface area contributed by atoms with E-state index < -0.39 is 102 Å². The average molecular weight is 848 g/mol. The van der Waals surface area contributed by atoms with Gasteiger partial charge in [0.25, 0.3) is 0 Å². The summed E-state index contributed by atoms with van der Waals surface area (Å²) in [6.07, 6.45) is -1.16. The van der Waals surface area contributed by atoms with Gasteiger partial charge in [0, 0.05) is 25.9 Å². The van der Waals surface area contributed by atoms with Crippen molar-refractivity contribution < 1.29 is 53.7 Å². The number of aromatic hydroxyl groups is 1. The molecule has 0 bridgehead atoms. The lowest BCUT2D eigenvalue weighted by molar-refractivity contribution is -0.143. The largest absolute Gasteiger partial charge is 0.508 e. The lowest BCUT2D eigenvalue weighted by Crippen LogP contribution is -2.60. The number of carbonyl (C=O) groups is 8. The molecule has 1 aromatic rings. The maximum Gasteiger partial charge on any atom is 0.303 e. The van der Waals surface area contributed by atoms with Crippen LogP contribution in [-0.2, 0) is 44.8 Å². The van der Waals surface area contributed by atoms with E-state index in [4.69, 9.17) is 22.9 Å². The first-order chi connectivity index (χ1) is 28.1. The minimum Gasteiger partial charge on any atom is -0.508 e. The monoisotopic (exact) mass is 847 g/mol. The van der Waals surface area contributed by atoms with E-state index in [1.54, 1.807) is 13.8 Å². The smallest absolute Gasteiger partial charge is 0.303 e. The van der Waals surface area contributed by atoms with Crippen LogP contribution >= 0.6 is 0 Å². The van der Waals surface area contributed by atoms with Gasteiger partial charge < -0.3 is 69.7 Å². The van der Waals surface area contributed by atoms with Crippen LogP contribution in [0.5, 0.6) is 5.75 Å². The summed E-state index contributed by atoms with van der Waals surface area (Å²) >= 11 is 0. The fourth-order valence-corrected chi connectivity index (χ4v) is 6.28. The zero-order valence-corrected chi connectivity index (χ0v) is 34.4. The van der Waals surface area contributed by atoms with E-state index in [0.29, 0.717) is 24.9 Å². The van der Waals surface area contributed by atoms with Gasteiger partial charge in [-0.25, -0.2) is 0 Å². The number of carboxylic acids is 1. The molecule has 334 valence electrons. The van der Waals surface area contributed by atoms with Crippen molar-refractivity contribution >= 4 is 53.3 Å². The third-order valence-electron chi connectivity index (χ3n) is 9.62. The Morgan fingerprint density at radius 1 is 0.833 bits per heavy atom. The fourth-order valence-electron chi connectivity index (χ4n) is 6.28. The number of benzene rings is 1. The van der Waals surface area contributed by atoms with E-state index in [0.717, 1.165) is 4.90 Å². The lowest BCUT2D eigenvalue weighted by atomic mass is 10.0. The van der Waals surface area contributed by atoms with Crippen molar-refractivity contribution in [3.05, 3.63) is 29.8 Å². The van der Waals surface area contributed by atoms with Gasteiger partial charge in [-0.3, -0.25) is 43.3 Å². The first kappa shape index (κ1) is 50.1. The van der Waals surface area contributed by atoms with E-state index in [2.05, 4.69) is 31.6 Å². The molecule has 0 aliphatic carbocycles. The molecule has 8 atom stereocenters. The SMILES string of the molecule is CC(C)CC(NC(=O)C(CCC(=O)O)N1CCC(NC(=O)C(NC(=O)C(Cc2ccc(O)cc2)NC(=O)C(N)CCCCN=C(N)N)C(C)O)C1=O)C(=O)NC(C)C(N)=O. The van der Waals surface area contributed by atoms with Gasteiger partial charge in [-0.2, -0.15) is 0 Å². The number of carbonyl (C=O) groups excluding carboxylic acids is 7. The van der Waals surface area contributed by atoms with Gasteiger partial charge in [0.15, 0.2) is 5.96 Å². The van der Waals surface area contributed by atoms with Crippen LogP contribution in [0.3, 0.4) is 0 Å². The van der Waals surface area contributed by atoms with Crippen LogP contribution in [-0.4, -0.2) is 135 Å². The molecule has 0 spiro atoms. The zero-order chi connectivity index (χ0) is 45.3. The molecule has 0 saturated carbocycles. The van der Waals surface area contributed by atoms with Crippen molar-refractivity contribution in [3.8, 4) is 5.75 Å². The van der Waals surface area contributed by atoms with Crippen LogP contribution in [0.25, 0.3) is 0 Å². The predicted octanol–water partition coefficient (Wildman–Crippen LogP) is -3.47. The summed E-state index contributed by atoms with van der Waals surface area (Å²) in [6.45, 7) is 6.38. The number of unbranched alkanes of at least 4 members (excludes halogenated alkanes) is 1. The predicted molar refractivity (Wildman–Crippen MR) is 217 cm³/mol. The Hall–Kier alpha value is -6.03. The number of phenols is 1. The van der Waals surface area contributed by atoms with Gasteiger partial charge in [-0.15, -0.1) is 0 Å². The zero-order valence-electron chi connectivity index (χ0n) is 34.4. The highest BCUT2D eigenvalue weighted by Crippen LogP contribution is 2.20. The molecule has 22 heteroatoms. The summed E-state index contributed by atoms with van der Waals surface area (Å²) in [5.74, 6) is -7.15. The Bertz CT molecular complexity index is 1700. The van der Waals surface area contributed by atoms with Gasteiger partial charge in [0.2, 0.25) is 41.4 Å². The summed E-state index contributed by atoms with van der Waals surface area (Å²) in [6, 6.07) is -3.06. The van der Waals surface area contributed by atoms with Gasteiger partial charge in [0.05, 0.1) is 12.1 Å². The Morgan fingerprint density at radius 2 is 1.45 bits per heavy atom. The highest BCUT2D eigenvalue weighted by Gasteiger charge is 2.42. The second-order valence-electron chi connectivity index (χ2n) is 15.2. The van der Waals surface area contributed by atoms with Crippen LogP contribution in [0, 0.1) is 5.92 Å². The first-order valence-electron chi connectivity index (χ1n) is 19.7. The van der Waals surface area contributed by atoms with Crippen molar-refractivity contribution in [1.29, 1.82) is 0 Å². The molecule has 1 aliphatic heterocycles. The number of hydrogen-bond acceptors (Lipinski definition) is 12. The number of aliphatic carboxylic acids is 1. The molecule has 1 aliphatic rings. The molecule has 1 saturated heterocycles. The summed E-state index contributed by atoms with van der Waals surface area (Å²) in [5, 5.41) is 42.3. The number of nitrogens with one attached hydrogen (secondary N) is 5. The molecule has 7 amide bonds. The number of aliphatic hydroxyl groups is 1. The number of phenolic OH excluding ortho intramolecular Hbond substituents is 1. The standard InChI is InChI=1S/C38H61N11O11/c1-19(2)17-26(33(56)44-20(3)31(40)54)47-35(58)28(12-13-29(52)53)49-16-14-25(37(49)60)45-36(59)30(21(4)50)48-34(57)27(18-22-8-10-23(51)11-9-22)46-32(55)24(39)7-5-6-15-43-38(41)42/h8-11,19-21,24-28,30,50-51H,5-7,12-18,39H2,1-4H3,(H2,40,54)(H,44,56)(H,45,59)(H,46,55)(H,47,58)(H,48,57)(H,52,53)(H4,41,42,43). The maximum atomic E-state index is 13.7. The molecule has 22 nitrogen and oxygen atoms in total. The molecular weight excluding hydrogens is 786 g/mol. The second kappa shape index (κ2) is 24.1. The Labute approximate surface area is 348 Å². The van der Waals surface area contributed by atoms with E-state index in [1.165, 1.54) is 38.1 Å². The number of carboxylic acid groups (broad SMARTS) is 1. The molecule has 0 radical (unpaired) electrons. The number of guanidine groups is 1. The van der Waals surface area contributed by atoms with Crippen LogP contribution in [0.15, 0.2) is 29.3 Å². The summed E-state index contributed by atoms with van der Waals surface area (Å²) in [7, 11) is 0. The lowest BCUT2D eigenvalue weighted by Gasteiger charge is -2.30. The number of likely N-dealkylation sites (tertiary alicyclic amines) is 1. The molecule has 16 N–H and O–H groups in total. The van der Waals surface area contributed by atoms with Crippen LogP contribution < -0.4 is 49.5 Å². The number of aliphatic imine (C=N–C) groups is 1. The van der Waals surface area contributed by atoms with Crippen LogP contribution in [0.4, 0.5) is 0 Å². The van der Waals surface area contributed by atoms with E-state index in [9.17, 15) is 53.7 Å². The quantitative estimate of drug-likeness (QED) is 0.0259. The minimum atomic E-state index is -1.65. The molecule has 1 heterocycles. The Balaban J connectivity index is 2.24. The van der Waals surface area contributed by atoms with Gasteiger partial charge in [-0.05, 0) is 76.0 Å². The molecule has 60 heavy (non-hydrogen) atoms.